The number of likely N-dealkylation sites (N-methyl/N-ethyl adjacent to an activating group) is 1. The van der Waals surface area contributed by atoms with E-state index < -0.39 is 20.0 Å². The van der Waals surface area contributed by atoms with Crippen LogP contribution in [0, 0.1) is 0 Å². The maximum Gasteiger partial charge on any atom is 0.472 e. The lowest BCUT2D eigenvalue weighted by Gasteiger charge is -2.26. The van der Waals surface area contributed by atoms with Crippen molar-refractivity contribution in [1.82, 2.24) is 5.32 Å². The van der Waals surface area contributed by atoms with Crippen molar-refractivity contribution in [3.05, 3.63) is 85.1 Å². The molecule has 0 aromatic heterocycles. The smallest absolute Gasteiger partial charge is 0.391 e. The molecule has 0 aliphatic carbocycles. The third-order valence-electron chi connectivity index (χ3n) is 13.9. The SMILES string of the molecule is CC/C=C\C/C=C\C/C=C\C/C=C\C/C=C\C/C=C\C/C=C\CCCCCCCCCCCCCCCC(=O)NC(COP(=O)(O)OCC[N+](C)(C)C)C(O)CCCCCCCCCCCCCCCCCCCC. The van der Waals surface area contributed by atoms with Gasteiger partial charge in [0.25, 0.3) is 0 Å². The summed E-state index contributed by atoms with van der Waals surface area (Å²) < 4.78 is 23.8. The van der Waals surface area contributed by atoms with E-state index in [1.807, 2.05) is 21.1 Å². The normalized spacial score (nSPS) is 14.4. The molecule has 3 unspecified atom stereocenters. The Kier molecular flexibility index (Phi) is 54.7. The Morgan fingerprint density at radius 2 is 0.800 bits per heavy atom. The number of phosphoric acid groups is 1. The highest BCUT2D eigenvalue weighted by Crippen LogP contribution is 2.43. The fourth-order valence-corrected chi connectivity index (χ4v) is 9.76. The second-order valence-corrected chi connectivity index (χ2v) is 23.9. The first-order valence-corrected chi connectivity index (χ1v) is 32.9. The molecule has 3 N–H and O–H groups in total. The Morgan fingerprint density at radius 1 is 0.467 bits per heavy atom. The fraction of sp³-hybridized carbons (Fsp3) is 0.773. The summed E-state index contributed by atoms with van der Waals surface area (Å²) >= 11 is 0. The summed E-state index contributed by atoms with van der Waals surface area (Å²) in [6.07, 6.45) is 79.3. The van der Waals surface area contributed by atoms with E-state index in [0.29, 0.717) is 23.9 Å². The minimum absolute atomic E-state index is 0.0724. The van der Waals surface area contributed by atoms with Gasteiger partial charge in [-0.2, -0.15) is 0 Å². The molecule has 0 heterocycles. The van der Waals surface area contributed by atoms with Crippen LogP contribution in [0.25, 0.3) is 0 Å². The minimum Gasteiger partial charge on any atom is -0.391 e. The van der Waals surface area contributed by atoms with Crippen molar-refractivity contribution in [2.45, 2.75) is 289 Å². The van der Waals surface area contributed by atoms with Crippen LogP contribution in [0.15, 0.2) is 85.1 Å². The van der Waals surface area contributed by atoms with E-state index >= 15 is 0 Å². The van der Waals surface area contributed by atoms with Crippen molar-refractivity contribution in [2.24, 2.45) is 0 Å². The van der Waals surface area contributed by atoms with E-state index in [-0.39, 0.29) is 19.1 Å². The molecule has 0 saturated carbocycles. The minimum atomic E-state index is -4.33. The van der Waals surface area contributed by atoms with E-state index in [0.717, 1.165) is 83.5 Å². The Morgan fingerprint density at radius 3 is 1.17 bits per heavy atom. The van der Waals surface area contributed by atoms with E-state index in [1.165, 1.54) is 167 Å². The van der Waals surface area contributed by atoms with Crippen LogP contribution >= 0.6 is 7.82 Å². The maximum atomic E-state index is 13.0. The summed E-state index contributed by atoms with van der Waals surface area (Å²) in [4.78, 5) is 23.4. The largest absolute Gasteiger partial charge is 0.472 e. The molecular weight excluding hydrogens is 948 g/mol. The number of phosphoric ester groups is 1. The van der Waals surface area contributed by atoms with Crippen LogP contribution in [-0.4, -0.2) is 73.4 Å². The van der Waals surface area contributed by atoms with Crippen LogP contribution < -0.4 is 5.32 Å². The third kappa shape index (κ3) is 59.2. The lowest BCUT2D eigenvalue weighted by Crippen LogP contribution is -2.46. The molecule has 0 spiro atoms. The van der Waals surface area contributed by atoms with Crippen molar-refractivity contribution in [1.29, 1.82) is 0 Å². The zero-order chi connectivity index (χ0) is 54.9. The number of allylic oxidation sites excluding steroid dienone is 14. The van der Waals surface area contributed by atoms with Crippen LogP contribution in [0.3, 0.4) is 0 Å². The van der Waals surface area contributed by atoms with Gasteiger partial charge >= 0.3 is 7.82 Å². The van der Waals surface area contributed by atoms with Gasteiger partial charge in [0.2, 0.25) is 5.91 Å². The molecule has 0 rings (SSSR count). The van der Waals surface area contributed by atoms with Crippen LogP contribution in [-0.2, 0) is 18.4 Å². The Labute approximate surface area is 465 Å². The first-order chi connectivity index (χ1) is 36.5. The van der Waals surface area contributed by atoms with Gasteiger partial charge in [-0.1, -0.05) is 285 Å². The zero-order valence-electron chi connectivity index (χ0n) is 49.8. The lowest BCUT2D eigenvalue weighted by atomic mass is 10.0. The number of carbonyl (C=O) groups is 1. The molecule has 75 heavy (non-hydrogen) atoms. The monoisotopic (exact) mass is 1070 g/mol. The molecular formula is C66H122N2O6P+. The average Bonchev–Trinajstić information content (AvgIpc) is 3.37. The van der Waals surface area contributed by atoms with E-state index in [1.54, 1.807) is 0 Å². The number of hydrogen-bond acceptors (Lipinski definition) is 5. The Bertz CT molecular complexity index is 1500. The number of amides is 1. The van der Waals surface area contributed by atoms with Gasteiger partial charge in [-0.3, -0.25) is 13.8 Å². The van der Waals surface area contributed by atoms with Crippen molar-refractivity contribution < 1.29 is 32.9 Å². The van der Waals surface area contributed by atoms with Gasteiger partial charge in [0.1, 0.15) is 13.2 Å². The number of unbranched alkanes of at least 4 members (excludes halogenated alkanes) is 30. The van der Waals surface area contributed by atoms with Crippen molar-refractivity contribution in [2.75, 3.05) is 40.9 Å². The summed E-state index contributed by atoms with van der Waals surface area (Å²) in [6, 6.07) is -0.766. The highest BCUT2D eigenvalue weighted by Gasteiger charge is 2.28. The first-order valence-electron chi connectivity index (χ1n) is 31.5. The average molecular weight is 1070 g/mol. The second-order valence-electron chi connectivity index (χ2n) is 22.4. The predicted molar refractivity (Wildman–Crippen MR) is 327 cm³/mol. The molecule has 0 aromatic rings. The summed E-state index contributed by atoms with van der Waals surface area (Å²) in [6.45, 7) is 4.79. The van der Waals surface area contributed by atoms with E-state index in [9.17, 15) is 19.4 Å². The standard InChI is InChI=1S/C66H121N2O6P/c1-6-8-10-12-14-16-18-20-22-24-26-27-28-29-30-31-32-33-34-35-36-37-38-39-40-41-42-44-46-48-50-52-54-56-58-60-66(70)67-64(63-74-75(71,72)73-62-61-68(3,4)5)65(69)59-57-55-53-51-49-47-45-43-25-23-21-19-17-15-13-11-9-7-2/h8,10,14,16,20,22,26-27,29-30,32-33,35-36,64-65,69H,6-7,9,11-13,15,17-19,21,23-25,28,31,34,37-63H2,1-5H3,(H-,67,70,71,72)/p+1/b10-8-,16-14-,22-20-,27-26-,30-29-,33-32-,36-35-. The molecule has 436 valence electrons. The van der Waals surface area contributed by atoms with Crippen LogP contribution in [0.2, 0.25) is 0 Å². The highest BCUT2D eigenvalue weighted by atomic mass is 31.2. The van der Waals surface area contributed by atoms with Gasteiger partial charge in [-0.25, -0.2) is 4.57 Å². The predicted octanol–water partition coefficient (Wildman–Crippen LogP) is 19.6. The van der Waals surface area contributed by atoms with Gasteiger partial charge in [-0.05, 0) is 70.6 Å². The third-order valence-corrected chi connectivity index (χ3v) is 14.9. The summed E-state index contributed by atoms with van der Waals surface area (Å²) in [5, 5.41) is 14.1. The molecule has 1 amide bonds. The Balaban J connectivity index is 4.07. The molecule has 8 nitrogen and oxygen atoms in total. The van der Waals surface area contributed by atoms with Gasteiger partial charge in [0.05, 0.1) is 39.9 Å². The topological polar surface area (TPSA) is 105 Å². The fourth-order valence-electron chi connectivity index (χ4n) is 9.03. The maximum absolute atomic E-state index is 13.0. The second kappa shape index (κ2) is 56.4. The van der Waals surface area contributed by atoms with Crippen molar-refractivity contribution in [3.63, 3.8) is 0 Å². The zero-order valence-corrected chi connectivity index (χ0v) is 50.7. The molecule has 0 aliphatic rings. The van der Waals surface area contributed by atoms with Crippen molar-refractivity contribution in [3.8, 4) is 0 Å². The number of hydrogen-bond donors (Lipinski definition) is 3. The highest BCUT2D eigenvalue weighted by molar-refractivity contribution is 7.47. The molecule has 9 heteroatoms. The van der Waals surface area contributed by atoms with Gasteiger partial charge < -0.3 is 19.8 Å². The number of aliphatic hydroxyl groups excluding tert-OH is 1. The number of carbonyl (C=O) groups excluding carboxylic acids is 1. The quantitative estimate of drug-likeness (QED) is 0.0243. The van der Waals surface area contributed by atoms with Gasteiger partial charge in [0.15, 0.2) is 0 Å². The van der Waals surface area contributed by atoms with E-state index in [2.05, 4.69) is 104 Å². The summed E-state index contributed by atoms with van der Waals surface area (Å²) in [5.41, 5.74) is 0. The van der Waals surface area contributed by atoms with Crippen LogP contribution in [0.5, 0.6) is 0 Å². The lowest BCUT2D eigenvalue weighted by molar-refractivity contribution is -0.870. The molecule has 0 aliphatic heterocycles. The number of quaternary nitrogens is 1. The van der Waals surface area contributed by atoms with Gasteiger partial charge in [-0.15, -0.1) is 0 Å². The summed E-state index contributed by atoms with van der Waals surface area (Å²) in [7, 11) is 1.61. The number of rotatable bonds is 57. The molecule has 0 saturated heterocycles. The van der Waals surface area contributed by atoms with Gasteiger partial charge in [0, 0.05) is 6.42 Å². The number of nitrogens with one attached hydrogen (secondary N) is 1. The molecule has 3 atom stereocenters. The van der Waals surface area contributed by atoms with Crippen molar-refractivity contribution >= 4 is 13.7 Å². The molecule has 0 aromatic carbocycles. The summed E-state index contributed by atoms with van der Waals surface area (Å²) in [5.74, 6) is -0.146. The Hall–Kier alpha value is -2.32. The van der Waals surface area contributed by atoms with E-state index in [4.69, 9.17) is 9.05 Å². The van der Waals surface area contributed by atoms with Crippen LogP contribution in [0.1, 0.15) is 277 Å². The molecule has 0 bridgehead atoms. The molecule has 0 radical (unpaired) electrons. The first kappa shape index (κ1) is 72.7. The number of nitrogens with zero attached hydrogens (tertiary/aromatic N) is 1. The number of aliphatic hydroxyl groups is 1. The van der Waals surface area contributed by atoms with Crippen LogP contribution in [0.4, 0.5) is 0 Å². The molecule has 0 fully saturated rings.